The van der Waals surface area contributed by atoms with Crippen LogP contribution in [-0.4, -0.2) is 24.4 Å². The van der Waals surface area contributed by atoms with Crippen molar-refractivity contribution in [2.75, 3.05) is 13.2 Å². The SMILES string of the molecule is CCCCCCCCCCCCOc1ccc(-c2ccc(OCC(C)F)cn2)cc1. The quantitative estimate of drug-likeness (QED) is 0.262. The summed E-state index contributed by atoms with van der Waals surface area (Å²) < 4.78 is 24.0. The largest absolute Gasteiger partial charge is 0.494 e. The number of nitrogens with zero attached hydrogens (tertiary/aromatic N) is 1. The van der Waals surface area contributed by atoms with Gasteiger partial charge in [-0.3, -0.25) is 4.98 Å². The smallest absolute Gasteiger partial charge is 0.137 e. The molecule has 0 aliphatic heterocycles. The summed E-state index contributed by atoms with van der Waals surface area (Å²) in [6, 6.07) is 11.7. The lowest BCUT2D eigenvalue weighted by atomic mass is 10.1. The average Bonchev–Trinajstić information content (AvgIpc) is 2.77. The standard InChI is InChI=1S/C26H38FNO2/c1-3-4-5-6-7-8-9-10-11-12-19-29-24-15-13-23(14-16-24)26-18-17-25(20-28-26)30-21-22(2)27/h13-18,20,22H,3-12,19,21H2,1-2H3. The van der Waals surface area contributed by atoms with Crippen LogP contribution >= 0.6 is 0 Å². The van der Waals surface area contributed by atoms with E-state index < -0.39 is 6.17 Å². The third-order valence-electron chi connectivity index (χ3n) is 5.13. The van der Waals surface area contributed by atoms with Gasteiger partial charge in [-0.2, -0.15) is 0 Å². The molecule has 0 saturated heterocycles. The monoisotopic (exact) mass is 415 g/mol. The lowest BCUT2D eigenvalue weighted by Crippen LogP contribution is -2.08. The summed E-state index contributed by atoms with van der Waals surface area (Å²) in [5, 5.41) is 0. The molecule has 166 valence electrons. The predicted molar refractivity (Wildman–Crippen MR) is 123 cm³/mol. The number of aromatic nitrogens is 1. The Balaban J connectivity index is 1.59. The van der Waals surface area contributed by atoms with Crippen molar-refractivity contribution in [3.8, 4) is 22.8 Å². The number of hydrogen-bond acceptors (Lipinski definition) is 3. The third-order valence-corrected chi connectivity index (χ3v) is 5.13. The van der Waals surface area contributed by atoms with Crippen LogP contribution in [0.25, 0.3) is 11.3 Å². The minimum atomic E-state index is -0.988. The van der Waals surface area contributed by atoms with Crippen LogP contribution in [0, 0.1) is 0 Å². The molecule has 2 aromatic rings. The summed E-state index contributed by atoms with van der Waals surface area (Å²) in [6.07, 6.45) is 13.9. The number of hydrogen-bond donors (Lipinski definition) is 0. The van der Waals surface area contributed by atoms with E-state index in [1.165, 1.54) is 64.7 Å². The number of alkyl halides is 1. The van der Waals surface area contributed by atoms with Gasteiger partial charge in [0.05, 0.1) is 18.5 Å². The molecule has 0 aliphatic rings. The Labute approximate surface area is 182 Å². The first-order valence-corrected chi connectivity index (χ1v) is 11.6. The van der Waals surface area contributed by atoms with Crippen LogP contribution in [0.1, 0.15) is 78.1 Å². The fourth-order valence-electron chi connectivity index (χ4n) is 3.35. The molecule has 1 atom stereocenters. The molecule has 3 nitrogen and oxygen atoms in total. The first-order valence-electron chi connectivity index (χ1n) is 11.6. The number of pyridine rings is 1. The molecule has 2 rings (SSSR count). The maximum atomic E-state index is 12.8. The second kappa shape index (κ2) is 14.8. The minimum absolute atomic E-state index is 0.0477. The first kappa shape index (κ1) is 24.2. The second-order valence-corrected chi connectivity index (χ2v) is 8.03. The summed E-state index contributed by atoms with van der Waals surface area (Å²) in [7, 11) is 0. The van der Waals surface area contributed by atoms with Crippen LogP contribution in [-0.2, 0) is 0 Å². The minimum Gasteiger partial charge on any atom is -0.494 e. The van der Waals surface area contributed by atoms with Gasteiger partial charge in [-0.25, -0.2) is 4.39 Å². The van der Waals surface area contributed by atoms with Gasteiger partial charge in [-0.05, 0) is 49.7 Å². The zero-order valence-electron chi connectivity index (χ0n) is 18.7. The highest BCUT2D eigenvalue weighted by atomic mass is 19.1. The van der Waals surface area contributed by atoms with Crippen molar-refractivity contribution >= 4 is 0 Å². The number of unbranched alkanes of at least 4 members (excludes halogenated alkanes) is 9. The molecule has 4 heteroatoms. The van der Waals surface area contributed by atoms with Crippen molar-refractivity contribution in [3.63, 3.8) is 0 Å². The molecule has 0 N–H and O–H groups in total. The van der Waals surface area contributed by atoms with Gasteiger partial charge in [0.2, 0.25) is 0 Å². The molecule has 1 aromatic heterocycles. The van der Waals surface area contributed by atoms with E-state index in [4.69, 9.17) is 9.47 Å². The van der Waals surface area contributed by atoms with E-state index in [0.717, 1.165) is 30.0 Å². The fraction of sp³-hybridized carbons (Fsp3) is 0.577. The lowest BCUT2D eigenvalue weighted by molar-refractivity contribution is 0.209. The summed E-state index contributed by atoms with van der Waals surface area (Å²) in [6.45, 7) is 4.56. The van der Waals surface area contributed by atoms with Crippen molar-refractivity contribution in [2.24, 2.45) is 0 Å². The molecule has 0 radical (unpaired) electrons. The topological polar surface area (TPSA) is 31.4 Å². The van der Waals surface area contributed by atoms with Gasteiger partial charge in [0, 0.05) is 5.56 Å². The summed E-state index contributed by atoms with van der Waals surface area (Å²) in [4.78, 5) is 4.40. The van der Waals surface area contributed by atoms with Crippen molar-refractivity contribution in [3.05, 3.63) is 42.6 Å². The molecular formula is C26H38FNO2. The Morgan fingerprint density at radius 1 is 0.767 bits per heavy atom. The van der Waals surface area contributed by atoms with Crippen LogP contribution in [0.5, 0.6) is 11.5 Å². The summed E-state index contributed by atoms with van der Waals surface area (Å²) in [5.74, 6) is 1.48. The number of rotatable bonds is 16. The Bertz CT molecular complexity index is 670. The van der Waals surface area contributed by atoms with Gasteiger partial charge in [0.15, 0.2) is 0 Å². The van der Waals surface area contributed by atoms with Crippen molar-refractivity contribution in [2.45, 2.75) is 84.2 Å². The highest BCUT2D eigenvalue weighted by Gasteiger charge is 2.03. The van der Waals surface area contributed by atoms with Gasteiger partial charge >= 0.3 is 0 Å². The van der Waals surface area contributed by atoms with E-state index >= 15 is 0 Å². The first-order chi connectivity index (χ1) is 14.7. The fourth-order valence-corrected chi connectivity index (χ4v) is 3.35. The highest BCUT2D eigenvalue weighted by molar-refractivity contribution is 5.60. The van der Waals surface area contributed by atoms with Crippen molar-refractivity contribution in [1.29, 1.82) is 0 Å². The Morgan fingerprint density at radius 2 is 1.37 bits per heavy atom. The van der Waals surface area contributed by atoms with E-state index in [0.29, 0.717) is 5.75 Å². The van der Waals surface area contributed by atoms with Crippen LogP contribution in [0.4, 0.5) is 4.39 Å². The summed E-state index contributed by atoms with van der Waals surface area (Å²) >= 11 is 0. The molecular weight excluding hydrogens is 377 g/mol. The number of ether oxygens (including phenoxy) is 2. The van der Waals surface area contributed by atoms with Gasteiger partial charge < -0.3 is 9.47 Å². The number of halogens is 1. The zero-order valence-corrected chi connectivity index (χ0v) is 18.7. The average molecular weight is 416 g/mol. The molecule has 1 heterocycles. The molecule has 30 heavy (non-hydrogen) atoms. The summed E-state index contributed by atoms with van der Waals surface area (Å²) in [5.41, 5.74) is 1.88. The van der Waals surface area contributed by atoms with Gasteiger partial charge in [0.1, 0.15) is 24.3 Å². The Morgan fingerprint density at radius 3 is 1.93 bits per heavy atom. The van der Waals surface area contributed by atoms with Gasteiger partial charge in [-0.1, -0.05) is 64.7 Å². The van der Waals surface area contributed by atoms with Crippen molar-refractivity contribution in [1.82, 2.24) is 4.98 Å². The van der Waals surface area contributed by atoms with Crippen molar-refractivity contribution < 1.29 is 13.9 Å². The van der Waals surface area contributed by atoms with Crippen LogP contribution in [0.15, 0.2) is 42.6 Å². The molecule has 0 spiro atoms. The molecule has 0 fully saturated rings. The van der Waals surface area contributed by atoms with E-state index in [-0.39, 0.29) is 6.61 Å². The highest BCUT2D eigenvalue weighted by Crippen LogP contribution is 2.23. The maximum absolute atomic E-state index is 12.8. The Hall–Kier alpha value is -2.10. The molecule has 0 bridgehead atoms. The molecule has 1 unspecified atom stereocenters. The second-order valence-electron chi connectivity index (χ2n) is 8.03. The van der Waals surface area contributed by atoms with Gasteiger partial charge in [0.25, 0.3) is 0 Å². The Kier molecular flexibility index (Phi) is 11.9. The molecule has 0 amide bonds. The molecule has 0 aliphatic carbocycles. The zero-order chi connectivity index (χ0) is 21.4. The van der Waals surface area contributed by atoms with Crippen LogP contribution in [0.3, 0.4) is 0 Å². The predicted octanol–water partition coefficient (Wildman–Crippen LogP) is 7.79. The van der Waals surface area contributed by atoms with Crippen LogP contribution in [0.2, 0.25) is 0 Å². The van der Waals surface area contributed by atoms with E-state index in [9.17, 15) is 4.39 Å². The normalized spacial score (nSPS) is 12.0. The third kappa shape index (κ3) is 10.1. The lowest BCUT2D eigenvalue weighted by Gasteiger charge is -2.09. The van der Waals surface area contributed by atoms with E-state index in [2.05, 4.69) is 11.9 Å². The van der Waals surface area contributed by atoms with E-state index in [1.54, 1.807) is 6.20 Å². The van der Waals surface area contributed by atoms with E-state index in [1.807, 2.05) is 36.4 Å². The van der Waals surface area contributed by atoms with Crippen LogP contribution < -0.4 is 9.47 Å². The molecule has 1 aromatic carbocycles. The number of benzene rings is 1. The van der Waals surface area contributed by atoms with Gasteiger partial charge in [-0.15, -0.1) is 0 Å². The molecule has 0 saturated carbocycles. The maximum Gasteiger partial charge on any atom is 0.137 e.